The van der Waals surface area contributed by atoms with Crippen molar-refractivity contribution in [3.63, 3.8) is 0 Å². The Morgan fingerprint density at radius 1 is 1.19 bits per heavy atom. The van der Waals surface area contributed by atoms with Crippen molar-refractivity contribution in [2.45, 2.75) is 25.7 Å². The summed E-state index contributed by atoms with van der Waals surface area (Å²) in [6, 6.07) is 1.69. The molecule has 5 nitrogen and oxygen atoms in total. The highest BCUT2D eigenvalue weighted by Gasteiger charge is 2.17. The Hall–Kier alpha value is -1.91. The molecule has 0 aromatic carbocycles. The van der Waals surface area contributed by atoms with E-state index >= 15 is 0 Å². The third-order valence-electron chi connectivity index (χ3n) is 2.91. The van der Waals surface area contributed by atoms with Gasteiger partial charge in [0.15, 0.2) is 0 Å². The monoisotopic (exact) mass is 215 g/mol. The van der Waals surface area contributed by atoms with Gasteiger partial charge in [0.2, 0.25) is 5.95 Å². The van der Waals surface area contributed by atoms with Gasteiger partial charge in [-0.3, -0.25) is 4.57 Å². The summed E-state index contributed by atoms with van der Waals surface area (Å²) < 4.78 is 1.95. The molecule has 2 aromatic heterocycles. The fraction of sp³-hybridized carbons (Fsp3) is 0.364. The number of fused-ring (bicyclic) bond motifs is 1. The zero-order valence-corrected chi connectivity index (χ0v) is 8.93. The molecule has 2 heterocycles. The predicted octanol–water partition coefficient (Wildman–Crippen LogP) is 1.12. The SMILES string of the molecule is Nc1ccnc(-n2cnc3c2CCCC3)n1. The lowest BCUT2D eigenvalue weighted by Crippen LogP contribution is -2.09. The molecule has 0 amide bonds. The quantitative estimate of drug-likeness (QED) is 0.774. The molecular formula is C11H13N5. The van der Waals surface area contributed by atoms with Gasteiger partial charge < -0.3 is 5.73 Å². The Morgan fingerprint density at radius 2 is 2.06 bits per heavy atom. The number of imidazole rings is 1. The maximum absolute atomic E-state index is 5.66. The summed E-state index contributed by atoms with van der Waals surface area (Å²) in [5.41, 5.74) is 8.07. The lowest BCUT2D eigenvalue weighted by Gasteiger charge is -2.12. The number of aryl methyl sites for hydroxylation is 1. The van der Waals surface area contributed by atoms with Crippen molar-refractivity contribution in [3.05, 3.63) is 30.0 Å². The highest BCUT2D eigenvalue weighted by Crippen LogP contribution is 2.21. The summed E-state index contributed by atoms with van der Waals surface area (Å²) in [5, 5.41) is 0. The van der Waals surface area contributed by atoms with Crippen LogP contribution in [-0.2, 0) is 12.8 Å². The summed E-state index contributed by atoms with van der Waals surface area (Å²) in [4.78, 5) is 12.8. The molecule has 82 valence electrons. The maximum atomic E-state index is 5.66. The molecule has 0 atom stereocenters. The molecule has 0 fully saturated rings. The minimum Gasteiger partial charge on any atom is -0.384 e. The van der Waals surface area contributed by atoms with Gasteiger partial charge in [-0.2, -0.15) is 4.98 Å². The number of anilines is 1. The number of nitrogen functional groups attached to an aromatic ring is 1. The molecule has 0 spiro atoms. The first-order valence-corrected chi connectivity index (χ1v) is 5.48. The molecule has 1 aliphatic rings. The average molecular weight is 215 g/mol. The fourth-order valence-electron chi connectivity index (χ4n) is 2.12. The fourth-order valence-corrected chi connectivity index (χ4v) is 2.12. The minimum absolute atomic E-state index is 0.489. The van der Waals surface area contributed by atoms with Crippen LogP contribution < -0.4 is 5.73 Å². The molecule has 16 heavy (non-hydrogen) atoms. The van der Waals surface area contributed by atoms with E-state index in [4.69, 9.17) is 5.73 Å². The molecule has 5 heteroatoms. The Bertz CT molecular complexity index is 517. The van der Waals surface area contributed by atoms with Crippen LogP contribution >= 0.6 is 0 Å². The van der Waals surface area contributed by atoms with Crippen molar-refractivity contribution >= 4 is 5.82 Å². The van der Waals surface area contributed by atoms with E-state index in [1.807, 2.05) is 4.57 Å². The lowest BCUT2D eigenvalue weighted by atomic mass is 10.0. The largest absolute Gasteiger partial charge is 0.384 e. The van der Waals surface area contributed by atoms with Gasteiger partial charge in [-0.25, -0.2) is 9.97 Å². The highest BCUT2D eigenvalue weighted by atomic mass is 15.2. The van der Waals surface area contributed by atoms with Crippen LogP contribution in [0.1, 0.15) is 24.2 Å². The van der Waals surface area contributed by atoms with Crippen LogP contribution in [0.4, 0.5) is 5.82 Å². The second-order valence-electron chi connectivity index (χ2n) is 4.00. The van der Waals surface area contributed by atoms with Gasteiger partial charge >= 0.3 is 0 Å². The molecule has 0 bridgehead atoms. The first kappa shape index (κ1) is 9.33. The smallest absolute Gasteiger partial charge is 0.237 e. The molecule has 1 aliphatic carbocycles. The number of nitrogens with two attached hydrogens (primary N) is 1. The molecule has 0 aliphatic heterocycles. The maximum Gasteiger partial charge on any atom is 0.237 e. The van der Waals surface area contributed by atoms with Gasteiger partial charge in [0.25, 0.3) is 0 Å². The normalized spacial score (nSPS) is 14.8. The van der Waals surface area contributed by atoms with Crippen molar-refractivity contribution in [1.29, 1.82) is 0 Å². The lowest BCUT2D eigenvalue weighted by molar-refractivity contribution is 0.651. The standard InChI is InChI=1S/C11H13N5/c12-10-5-6-13-11(15-10)16-7-14-8-3-1-2-4-9(8)16/h5-7H,1-4H2,(H2,12,13,15). The van der Waals surface area contributed by atoms with Crippen LogP contribution in [0, 0.1) is 0 Å². The topological polar surface area (TPSA) is 69.6 Å². The molecule has 2 aromatic rings. The van der Waals surface area contributed by atoms with Crippen LogP contribution in [0.2, 0.25) is 0 Å². The molecule has 3 rings (SSSR count). The van der Waals surface area contributed by atoms with Gasteiger partial charge in [0.1, 0.15) is 12.1 Å². The minimum atomic E-state index is 0.489. The summed E-state index contributed by atoms with van der Waals surface area (Å²) in [6.45, 7) is 0. The van der Waals surface area contributed by atoms with Gasteiger partial charge in [0, 0.05) is 11.9 Å². The second-order valence-corrected chi connectivity index (χ2v) is 4.00. The zero-order valence-electron chi connectivity index (χ0n) is 8.93. The van der Waals surface area contributed by atoms with Crippen LogP contribution in [0.3, 0.4) is 0 Å². The molecule has 2 N–H and O–H groups in total. The number of aromatic nitrogens is 4. The van der Waals surface area contributed by atoms with Crippen LogP contribution in [0.5, 0.6) is 0 Å². The van der Waals surface area contributed by atoms with Gasteiger partial charge in [-0.15, -0.1) is 0 Å². The first-order valence-electron chi connectivity index (χ1n) is 5.48. The van der Waals surface area contributed by atoms with Gasteiger partial charge in [-0.05, 0) is 31.7 Å². The molecule has 0 saturated carbocycles. The predicted molar refractivity (Wildman–Crippen MR) is 60.2 cm³/mol. The van der Waals surface area contributed by atoms with E-state index in [2.05, 4.69) is 15.0 Å². The summed E-state index contributed by atoms with van der Waals surface area (Å²) in [5.74, 6) is 1.11. The van der Waals surface area contributed by atoms with E-state index in [1.165, 1.54) is 24.2 Å². The van der Waals surface area contributed by atoms with Crippen molar-refractivity contribution in [3.8, 4) is 5.95 Å². The summed E-state index contributed by atoms with van der Waals surface area (Å²) in [6.07, 6.45) is 8.01. The number of hydrogen-bond acceptors (Lipinski definition) is 4. The first-order chi connectivity index (χ1) is 7.84. The number of rotatable bonds is 1. The molecule has 0 saturated heterocycles. The Morgan fingerprint density at radius 3 is 2.94 bits per heavy atom. The average Bonchev–Trinajstić information content (AvgIpc) is 2.72. The Labute approximate surface area is 93.4 Å². The van der Waals surface area contributed by atoms with Crippen molar-refractivity contribution in [2.24, 2.45) is 0 Å². The second kappa shape index (κ2) is 3.59. The Balaban J connectivity index is 2.09. The van der Waals surface area contributed by atoms with E-state index in [-0.39, 0.29) is 0 Å². The van der Waals surface area contributed by atoms with E-state index in [1.54, 1.807) is 18.6 Å². The van der Waals surface area contributed by atoms with E-state index in [9.17, 15) is 0 Å². The Kier molecular flexibility index (Phi) is 2.09. The van der Waals surface area contributed by atoms with Crippen molar-refractivity contribution in [2.75, 3.05) is 5.73 Å². The third kappa shape index (κ3) is 1.44. The molecule has 0 radical (unpaired) electrons. The highest BCUT2D eigenvalue weighted by molar-refractivity contribution is 5.32. The third-order valence-corrected chi connectivity index (χ3v) is 2.91. The van der Waals surface area contributed by atoms with Gasteiger partial charge in [0.05, 0.1) is 5.69 Å². The van der Waals surface area contributed by atoms with E-state index in [0.717, 1.165) is 12.8 Å². The van der Waals surface area contributed by atoms with Crippen LogP contribution in [0.25, 0.3) is 5.95 Å². The molecule has 0 unspecified atom stereocenters. The van der Waals surface area contributed by atoms with E-state index in [0.29, 0.717) is 11.8 Å². The van der Waals surface area contributed by atoms with Crippen molar-refractivity contribution in [1.82, 2.24) is 19.5 Å². The zero-order chi connectivity index (χ0) is 11.0. The molecular weight excluding hydrogens is 202 g/mol. The summed E-state index contributed by atoms with van der Waals surface area (Å²) >= 11 is 0. The summed E-state index contributed by atoms with van der Waals surface area (Å²) in [7, 11) is 0. The van der Waals surface area contributed by atoms with Crippen molar-refractivity contribution < 1.29 is 0 Å². The number of nitrogens with zero attached hydrogens (tertiary/aromatic N) is 4. The van der Waals surface area contributed by atoms with E-state index < -0.39 is 0 Å². The van der Waals surface area contributed by atoms with Crippen LogP contribution in [0.15, 0.2) is 18.6 Å². The van der Waals surface area contributed by atoms with Crippen LogP contribution in [-0.4, -0.2) is 19.5 Å². The number of hydrogen-bond donors (Lipinski definition) is 1. The van der Waals surface area contributed by atoms with Gasteiger partial charge in [-0.1, -0.05) is 0 Å².